The van der Waals surface area contributed by atoms with Crippen molar-refractivity contribution in [1.82, 2.24) is 9.88 Å². The van der Waals surface area contributed by atoms with Crippen molar-refractivity contribution in [3.05, 3.63) is 28.2 Å². The van der Waals surface area contributed by atoms with E-state index in [9.17, 15) is 14.4 Å². The molecule has 2 amide bonds. The molecule has 1 atom stereocenters. The summed E-state index contributed by atoms with van der Waals surface area (Å²) in [7, 11) is 1.93. The topological polar surface area (TPSA) is 81.3 Å². The van der Waals surface area contributed by atoms with E-state index in [1.54, 1.807) is 6.07 Å². The largest absolute Gasteiger partial charge is 0.420 e. The van der Waals surface area contributed by atoms with Crippen molar-refractivity contribution < 1.29 is 14.0 Å². The van der Waals surface area contributed by atoms with Gasteiger partial charge in [0.1, 0.15) is 13.9 Å². The van der Waals surface area contributed by atoms with E-state index in [-0.39, 0.29) is 12.3 Å². The predicted molar refractivity (Wildman–Crippen MR) is 74.8 cm³/mol. The van der Waals surface area contributed by atoms with Crippen molar-refractivity contribution in [2.24, 2.45) is 0 Å². The molecular weight excluding hydrogens is 259 g/mol. The molecule has 20 heavy (non-hydrogen) atoms. The smallest absolute Gasteiger partial charge is 0.408 e. The van der Waals surface area contributed by atoms with E-state index in [1.807, 2.05) is 20.8 Å². The van der Waals surface area contributed by atoms with Crippen LogP contribution in [0.1, 0.15) is 24.4 Å². The van der Waals surface area contributed by atoms with Crippen molar-refractivity contribution in [3.63, 3.8) is 0 Å². The number of amides is 2. The fraction of sp³-hybridized carbons (Fsp3) is 0.308. The van der Waals surface area contributed by atoms with Gasteiger partial charge in [-0.15, -0.1) is 0 Å². The Morgan fingerprint density at radius 1 is 1.35 bits per heavy atom. The number of carbonyl (C=O) groups is 2. The second kappa shape index (κ2) is 4.36. The van der Waals surface area contributed by atoms with Gasteiger partial charge in [0.2, 0.25) is 11.8 Å². The van der Waals surface area contributed by atoms with Crippen LogP contribution in [0.3, 0.4) is 0 Å². The number of benzene rings is 1. The van der Waals surface area contributed by atoms with Gasteiger partial charge in [-0.25, -0.2) is 4.79 Å². The van der Waals surface area contributed by atoms with Crippen LogP contribution in [0.4, 0.5) is 0 Å². The van der Waals surface area contributed by atoms with Crippen LogP contribution in [0.5, 0.6) is 0 Å². The van der Waals surface area contributed by atoms with Crippen LogP contribution in [-0.2, 0) is 9.59 Å². The summed E-state index contributed by atoms with van der Waals surface area (Å²) in [6.07, 6.45) is 0.534. The first-order valence-electron chi connectivity index (χ1n) is 6.43. The highest BCUT2D eigenvalue weighted by Crippen LogP contribution is 2.23. The van der Waals surface area contributed by atoms with Crippen LogP contribution < -0.4 is 16.5 Å². The van der Waals surface area contributed by atoms with Crippen LogP contribution >= 0.6 is 0 Å². The molecule has 2 heterocycles. The molecule has 1 aromatic carbocycles. The maximum absolute atomic E-state index is 12.0. The van der Waals surface area contributed by atoms with E-state index < -0.39 is 17.7 Å². The third kappa shape index (κ3) is 1.86. The molecule has 3 rings (SSSR count). The lowest BCUT2D eigenvalue weighted by Crippen LogP contribution is -2.43. The Hall–Kier alpha value is -2.31. The minimum atomic E-state index is -0.691. The van der Waals surface area contributed by atoms with Crippen LogP contribution in [-0.4, -0.2) is 24.2 Å². The molecule has 0 bridgehead atoms. The van der Waals surface area contributed by atoms with Crippen molar-refractivity contribution in [3.8, 4) is 0 Å². The van der Waals surface area contributed by atoms with Crippen LogP contribution in [0.2, 0.25) is 0 Å². The molecule has 1 aliphatic heterocycles. The Balaban J connectivity index is 2.18. The number of carbonyl (C=O) groups excluding carboxylic acids is 2. The van der Waals surface area contributed by atoms with Gasteiger partial charge in [-0.05, 0) is 25.5 Å². The van der Waals surface area contributed by atoms with Gasteiger partial charge in [0, 0.05) is 6.42 Å². The minimum absolute atomic E-state index is 0.223. The number of aryl methyl sites for hydroxylation is 1. The highest BCUT2D eigenvalue weighted by Gasteiger charge is 2.31. The summed E-state index contributed by atoms with van der Waals surface area (Å²) in [6.45, 7) is 1.93. The summed E-state index contributed by atoms with van der Waals surface area (Å²) in [5.41, 5.74) is 3.08. The number of nitrogens with zero attached hydrogens (tertiary/aromatic N) is 1. The van der Waals surface area contributed by atoms with Gasteiger partial charge in [0.05, 0.1) is 5.52 Å². The lowest BCUT2D eigenvalue weighted by molar-refractivity contribution is -0.135. The summed E-state index contributed by atoms with van der Waals surface area (Å²) in [5.74, 6) is -1.33. The molecule has 1 aromatic heterocycles. The van der Waals surface area contributed by atoms with Crippen LogP contribution in [0, 0.1) is 6.92 Å². The zero-order chi connectivity index (χ0) is 14.4. The van der Waals surface area contributed by atoms with E-state index >= 15 is 0 Å². The zero-order valence-corrected chi connectivity index (χ0v) is 11.2. The number of hydrogen-bond acceptors (Lipinski definition) is 4. The molecule has 0 aliphatic carbocycles. The molecule has 6 nitrogen and oxygen atoms in total. The molecule has 1 saturated heterocycles. The molecule has 0 radical (unpaired) electrons. The first kappa shape index (κ1) is 12.7. The second-order valence-corrected chi connectivity index (χ2v) is 5.11. The molecule has 2 aromatic rings. The average molecular weight is 272 g/mol. The summed E-state index contributed by atoms with van der Waals surface area (Å²) in [5, 5.41) is 2.26. The average Bonchev–Trinajstić information content (AvgIpc) is 2.66. The lowest BCUT2D eigenvalue weighted by Gasteiger charge is -2.21. The molecule has 0 saturated carbocycles. The van der Waals surface area contributed by atoms with Gasteiger partial charge < -0.3 is 4.42 Å². The van der Waals surface area contributed by atoms with Crippen LogP contribution in [0.25, 0.3) is 11.1 Å². The highest BCUT2D eigenvalue weighted by atomic mass is 16.4. The number of hydrogen-bond donors (Lipinski definition) is 1. The monoisotopic (exact) mass is 272 g/mol. The molecule has 102 valence electrons. The van der Waals surface area contributed by atoms with Gasteiger partial charge in [-0.2, -0.15) is 0 Å². The van der Waals surface area contributed by atoms with Crippen molar-refractivity contribution in [2.75, 3.05) is 0 Å². The fourth-order valence-electron chi connectivity index (χ4n) is 2.51. The van der Waals surface area contributed by atoms with E-state index in [4.69, 9.17) is 4.42 Å². The highest BCUT2D eigenvalue weighted by molar-refractivity contribution is 6.34. The van der Waals surface area contributed by atoms with E-state index in [0.29, 0.717) is 17.5 Å². The van der Waals surface area contributed by atoms with Crippen molar-refractivity contribution in [2.45, 2.75) is 25.8 Å². The van der Waals surface area contributed by atoms with Crippen LogP contribution in [0.15, 0.2) is 21.3 Å². The summed E-state index contributed by atoms with van der Waals surface area (Å²) in [6, 6.07) is 2.93. The first-order valence-corrected chi connectivity index (χ1v) is 6.43. The van der Waals surface area contributed by atoms with Gasteiger partial charge >= 0.3 is 5.76 Å². The number of nitrogens with one attached hydrogen (secondary N) is 1. The number of fused-ring (bicyclic) bond motifs is 1. The maximum atomic E-state index is 12.0. The minimum Gasteiger partial charge on any atom is -0.408 e. The number of oxazole rings is 1. The van der Waals surface area contributed by atoms with E-state index in [1.165, 1.54) is 4.57 Å². The summed E-state index contributed by atoms with van der Waals surface area (Å²) < 4.78 is 6.54. The van der Waals surface area contributed by atoms with Crippen molar-refractivity contribution >= 4 is 36.2 Å². The molecule has 0 spiro atoms. The Morgan fingerprint density at radius 2 is 2.10 bits per heavy atom. The van der Waals surface area contributed by atoms with Crippen molar-refractivity contribution in [1.29, 1.82) is 0 Å². The number of piperidine rings is 1. The molecular formula is C13H13BN2O4. The predicted octanol–water partition coefficient (Wildman–Crippen LogP) is -0.861. The Bertz CT molecular complexity index is 790. The number of rotatable bonds is 1. The van der Waals surface area contributed by atoms with Gasteiger partial charge in [0.25, 0.3) is 0 Å². The summed E-state index contributed by atoms with van der Waals surface area (Å²) >= 11 is 0. The Kier molecular flexibility index (Phi) is 2.77. The number of imide groups is 1. The standard InChI is InChI=1S/C13H13BN2O4/c1-6-4-9-10(5-7(6)14)20-13(19)16(9)8-2-3-11(17)15-12(8)18/h4-5,8H,2-3,14H2,1H3,(H,15,17,18). The zero-order valence-electron chi connectivity index (χ0n) is 11.2. The SMILES string of the molecule is Bc1cc2oc(=O)n(C3CCC(=O)NC3=O)c2cc1C. The Labute approximate surface area is 115 Å². The normalized spacial score (nSPS) is 19.4. The number of aromatic nitrogens is 1. The fourth-order valence-corrected chi connectivity index (χ4v) is 2.51. The van der Waals surface area contributed by atoms with E-state index in [2.05, 4.69) is 5.32 Å². The van der Waals surface area contributed by atoms with Gasteiger partial charge in [-0.1, -0.05) is 11.0 Å². The van der Waals surface area contributed by atoms with Gasteiger partial charge in [-0.3, -0.25) is 19.5 Å². The molecule has 7 heteroatoms. The molecule has 1 unspecified atom stereocenters. The molecule has 1 N–H and O–H groups in total. The maximum Gasteiger partial charge on any atom is 0.420 e. The lowest BCUT2D eigenvalue weighted by atomic mass is 9.91. The third-order valence-corrected chi connectivity index (χ3v) is 3.75. The quantitative estimate of drug-likeness (QED) is 0.541. The van der Waals surface area contributed by atoms with Gasteiger partial charge in [0.15, 0.2) is 5.58 Å². The molecule has 1 fully saturated rings. The summed E-state index contributed by atoms with van der Waals surface area (Å²) in [4.78, 5) is 35.1. The third-order valence-electron chi connectivity index (χ3n) is 3.75. The van der Waals surface area contributed by atoms with E-state index in [0.717, 1.165) is 11.0 Å². The first-order chi connectivity index (χ1) is 9.47. The Morgan fingerprint density at radius 3 is 2.80 bits per heavy atom. The molecule has 1 aliphatic rings. The second-order valence-electron chi connectivity index (χ2n) is 5.11.